The van der Waals surface area contributed by atoms with Gasteiger partial charge in [0.1, 0.15) is 0 Å². The van der Waals surface area contributed by atoms with Gasteiger partial charge in [-0.3, -0.25) is 0 Å². The Bertz CT molecular complexity index is 445. The molecule has 1 fully saturated rings. The Kier molecular flexibility index (Phi) is 5.07. The molecule has 1 atom stereocenters. The van der Waals surface area contributed by atoms with E-state index in [-0.39, 0.29) is 6.10 Å². The lowest BCUT2D eigenvalue weighted by Crippen LogP contribution is -2.33. The molecular weight excluding hydrogens is 310 g/mol. The van der Waals surface area contributed by atoms with Crippen LogP contribution in [-0.4, -0.2) is 33.9 Å². The summed E-state index contributed by atoms with van der Waals surface area (Å²) in [4.78, 5) is 0. The van der Waals surface area contributed by atoms with Crippen LogP contribution in [0.3, 0.4) is 0 Å². The number of halogens is 1. The van der Waals surface area contributed by atoms with Crippen LogP contribution < -0.4 is 14.8 Å². The fraction of sp³-hybridized carbons (Fsp3) is 0.571. The van der Waals surface area contributed by atoms with E-state index in [2.05, 4.69) is 28.2 Å². The average molecular weight is 330 g/mol. The Balaban J connectivity index is 2.53. The van der Waals surface area contributed by atoms with Gasteiger partial charge in [-0.1, -0.05) is 6.92 Å². The van der Waals surface area contributed by atoms with Crippen molar-refractivity contribution in [1.82, 2.24) is 5.32 Å². The lowest BCUT2D eigenvalue weighted by atomic mass is 10.0. The average Bonchev–Trinajstić information content (AvgIpc) is 2.47. The highest BCUT2D eigenvalue weighted by atomic mass is 79.9. The van der Waals surface area contributed by atoms with Crippen molar-refractivity contribution in [3.05, 3.63) is 21.7 Å². The first kappa shape index (κ1) is 14.6. The van der Waals surface area contributed by atoms with Gasteiger partial charge < -0.3 is 19.5 Å². The van der Waals surface area contributed by atoms with Crippen LogP contribution in [0.1, 0.15) is 24.2 Å². The van der Waals surface area contributed by atoms with Crippen molar-refractivity contribution in [3.8, 4) is 11.5 Å². The maximum absolute atomic E-state index is 5.86. The number of benzene rings is 1. The van der Waals surface area contributed by atoms with Crippen LogP contribution in [0.5, 0.6) is 11.5 Å². The van der Waals surface area contributed by atoms with E-state index in [1.165, 1.54) is 5.56 Å². The van der Waals surface area contributed by atoms with Gasteiger partial charge in [-0.15, -0.1) is 0 Å². The van der Waals surface area contributed by atoms with Gasteiger partial charge in [0.2, 0.25) is 0 Å². The van der Waals surface area contributed by atoms with Gasteiger partial charge in [0, 0.05) is 23.1 Å². The zero-order valence-corrected chi connectivity index (χ0v) is 13.2. The molecule has 1 aromatic rings. The molecule has 0 bridgehead atoms. The number of rotatable bonds is 4. The molecule has 1 aromatic carbocycles. The first-order valence-electron chi connectivity index (χ1n) is 6.48. The van der Waals surface area contributed by atoms with Crippen molar-refractivity contribution in [2.45, 2.75) is 19.4 Å². The second-order valence-electron chi connectivity index (χ2n) is 4.42. The van der Waals surface area contributed by atoms with Crippen LogP contribution in [0.4, 0.5) is 0 Å². The predicted octanol–water partition coefficient (Wildman–Crippen LogP) is 2.69. The molecule has 1 heterocycles. The van der Waals surface area contributed by atoms with Crippen molar-refractivity contribution in [3.63, 3.8) is 0 Å². The van der Waals surface area contributed by atoms with E-state index in [1.807, 2.05) is 6.07 Å². The molecule has 5 heteroatoms. The minimum atomic E-state index is -0.0153. The zero-order chi connectivity index (χ0) is 13.8. The van der Waals surface area contributed by atoms with Gasteiger partial charge in [-0.05, 0) is 34.0 Å². The Hall–Kier alpha value is -0.780. The SMILES string of the molecule is CCc1cc(OC)c(OC)c(C2CNCCO2)c1Br. The molecule has 1 aliphatic heterocycles. The molecule has 1 N–H and O–H groups in total. The molecule has 1 saturated heterocycles. The summed E-state index contributed by atoms with van der Waals surface area (Å²) in [7, 11) is 3.32. The van der Waals surface area contributed by atoms with Crippen LogP contribution in [0.15, 0.2) is 10.5 Å². The highest BCUT2D eigenvalue weighted by Gasteiger charge is 2.26. The van der Waals surface area contributed by atoms with Crippen LogP contribution in [0, 0.1) is 0 Å². The number of hydrogen-bond acceptors (Lipinski definition) is 4. The quantitative estimate of drug-likeness (QED) is 0.921. The first-order valence-corrected chi connectivity index (χ1v) is 7.27. The summed E-state index contributed by atoms with van der Waals surface area (Å²) in [6, 6.07) is 2.02. The third-order valence-corrected chi connectivity index (χ3v) is 4.28. The summed E-state index contributed by atoms with van der Waals surface area (Å²) >= 11 is 3.69. The van der Waals surface area contributed by atoms with Gasteiger partial charge >= 0.3 is 0 Å². The first-order chi connectivity index (χ1) is 9.22. The smallest absolute Gasteiger partial charge is 0.167 e. The van der Waals surface area contributed by atoms with Crippen LogP contribution in [-0.2, 0) is 11.2 Å². The number of nitrogens with one attached hydrogen (secondary N) is 1. The molecule has 106 valence electrons. The third kappa shape index (κ3) is 2.88. The number of morpholine rings is 1. The Morgan fingerprint density at radius 2 is 2.21 bits per heavy atom. The van der Waals surface area contributed by atoms with Gasteiger partial charge in [0.25, 0.3) is 0 Å². The Labute approximate surface area is 122 Å². The van der Waals surface area contributed by atoms with Crippen molar-refractivity contribution >= 4 is 15.9 Å². The number of ether oxygens (including phenoxy) is 3. The monoisotopic (exact) mass is 329 g/mol. The van der Waals surface area contributed by atoms with Crippen LogP contribution in [0.2, 0.25) is 0 Å². The second kappa shape index (κ2) is 6.59. The highest BCUT2D eigenvalue weighted by Crippen LogP contribution is 2.43. The predicted molar refractivity (Wildman–Crippen MR) is 78.2 cm³/mol. The summed E-state index contributed by atoms with van der Waals surface area (Å²) in [5.41, 5.74) is 2.23. The molecule has 0 aliphatic carbocycles. The van der Waals surface area contributed by atoms with E-state index in [9.17, 15) is 0 Å². The van der Waals surface area contributed by atoms with Crippen molar-refractivity contribution in [1.29, 1.82) is 0 Å². The molecule has 4 nitrogen and oxygen atoms in total. The molecule has 0 saturated carbocycles. The van der Waals surface area contributed by atoms with Crippen molar-refractivity contribution < 1.29 is 14.2 Å². The fourth-order valence-corrected chi connectivity index (χ4v) is 3.18. The summed E-state index contributed by atoms with van der Waals surface area (Å²) < 4.78 is 17.9. The van der Waals surface area contributed by atoms with Crippen molar-refractivity contribution in [2.24, 2.45) is 0 Å². The number of hydrogen-bond donors (Lipinski definition) is 1. The summed E-state index contributed by atoms with van der Waals surface area (Å²) in [6.45, 7) is 4.50. The molecular formula is C14H20BrNO3. The lowest BCUT2D eigenvalue weighted by Gasteiger charge is -2.28. The molecule has 0 radical (unpaired) electrons. The molecule has 0 amide bonds. The van der Waals surface area contributed by atoms with Crippen LogP contribution >= 0.6 is 15.9 Å². The topological polar surface area (TPSA) is 39.7 Å². The zero-order valence-electron chi connectivity index (χ0n) is 11.6. The number of methoxy groups -OCH3 is 2. The largest absolute Gasteiger partial charge is 0.493 e. The van der Waals surface area contributed by atoms with Gasteiger partial charge in [-0.25, -0.2) is 0 Å². The Morgan fingerprint density at radius 1 is 1.42 bits per heavy atom. The van der Waals surface area contributed by atoms with E-state index in [1.54, 1.807) is 14.2 Å². The molecule has 1 unspecified atom stereocenters. The standard InChI is InChI=1S/C14H20BrNO3/c1-4-9-7-10(17-2)14(18-3)12(13(9)15)11-8-16-5-6-19-11/h7,11,16H,4-6,8H2,1-3H3. The molecule has 2 rings (SSSR count). The summed E-state index contributed by atoms with van der Waals surface area (Å²) in [6.07, 6.45) is 0.909. The third-order valence-electron chi connectivity index (χ3n) is 3.35. The normalized spacial score (nSPS) is 19.3. The minimum Gasteiger partial charge on any atom is -0.493 e. The maximum atomic E-state index is 5.86. The summed E-state index contributed by atoms with van der Waals surface area (Å²) in [5, 5.41) is 3.34. The van der Waals surface area contributed by atoms with Crippen LogP contribution in [0.25, 0.3) is 0 Å². The van der Waals surface area contributed by atoms with Gasteiger partial charge in [0.05, 0.1) is 26.9 Å². The highest BCUT2D eigenvalue weighted by molar-refractivity contribution is 9.10. The molecule has 0 spiro atoms. The van der Waals surface area contributed by atoms with E-state index in [0.717, 1.165) is 41.0 Å². The minimum absolute atomic E-state index is 0.0153. The lowest BCUT2D eigenvalue weighted by molar-refractivity contribution is 0.0255. The van der Waals surface area contributed by atoms with Crippen molar-refractivity contribution in [2.75, 3.05) is 33.9 Å². The van der Waals surface area contributed by atoms with E-state index in [0.29, 0.717) is 6.61 Å². The van der Waals surface area contributed by atoms with E-state index in [4.69, 9.17) is 14.2 Å². The Morgan fingerprint density at radius 3 is 2.74 bits per heavy atom. The van der Waals surface area contributed by atoms with Gasteiger partial charge in [-0.2, -0.15) is 0 Å². The maximum Gasteiger partial charge on any atom is 0.167 e. The fourth-order valence-electron chi connectivity index (χ4n) is 2.35. The van der Waals surface area contributed by atoms with E-state index < -0.39 is 0 Å². The summed E-state index contributed by atoms with van der Waals surface area (Å²) in [5.74, 6) is 1.51. The van der Waals surface area contributed by atoms with E-state index >= 15 is 0 Å². The second-order valence-corrected chi connectivity index (χ2v) is 5.21. The van der Waals surface area contributed by atoms with Gasteiger partial charge in [0.15, 0.2) is 11.5 Å². The number of aryl methyl sites for hydroxylation is 1. The molecule has 19 heavy (non-hydrogen) atoms. The molecule has 0 aromatic heterocycles. The molecule has 1 aliphatic rings.